The summed E-state index contributed by atoms with van der Waals surface area (Å²) in [7, 11) is 0. The Morgan fingerprint density at radius 1 is 1.20 bits per heavy atom. The Balaban J connectivity index is 1.94. The molecule has 2 N–H and O–H groups in total. The zero-order valence-electron chi connectivity index (χ0n) is 15.3. The zero-order chi connectivity index (χ0) is 18.6. The number of benzene rings is 1. The molecule has 136 valence electrons. The van der Waals surface area contributed by atoms with E-state index in [0.717, 1.165) is 6.42 Å². The zero-order valence-corrected chi connectivity index (χ0v) is 15.3. The van der Waals surface area contributed by atoms with Crippen LogP contribution in [-0.4, -0.2) is 41.2 Å². The van der Waals surface area contributed by atoms with Crippen molar-refractivity contribution in [1.82, 2.24) is 10.2 Å². The van der Waals surface area contributed by atoms with Crippen LogP contribution in [0.3, 0.4) is 0 Å². The highest BCUT2D eigenvalue weighted by atomic mass is 16.2. The monoisotopic (exact) mass is 345 g/mol. The van der Waals surface area contributed by atoms with Crippen molar-refractivity contribution in [1.29, 1.82) is 0 Å². The fourth-order valence-electron chi connectivity index (χ4n) is 2.76. The maximum atomic E-state index is 12.4. The summed E-state index contributed by atoms with van der Waals surface area (Å²) in [5.74, 6) is -0.593. The van der Waals surface area contributed by atoms with Crippen molar-refractivity contribution in [2.45, 2.75) is 52.6 Å². The van der Waals surface area contributed by atoms with E-state index in [4.69, 9.17) is 0 Å². The Morgan fingerprint density at radius 2 is 1.84 bits per heavy atom. The second-order valence-corrected chi connectivity index (χ2v) is 6.89. The summed E-state index contributed by atoms with van der Waals surface area (Å²) in [5, 5.41) is 5.73. The van der Waals surface area contributed by atoms with Crippen LogP contribution in [0.25, 0.3) is 0 Å². The largest absolute Gasteiger partial charge is 0.350 e. The molecule has 1 aliphatic rings. The first kappa shape index (κ1) is 19.0. The lowest BCUT2D eigenvalue weighted by atomic mass is 10.1. The molecule has 1 saturated heterocycles. The minimum absolute atomic E-state index is 0.0206. The van der Waals surface area contributed by atoms with Gasteiger partial charge in [0.15, 0.2) is 0 Å². The number of nitrogens with zero attached hydrogens (tertiary/aromatic N) is 1. The number of carbonyl (C=O) groups is 3. The van der Waals surface area contributed by atoms with Gasteiger partial charge < -0.3 is 15.5 Å². The van der Waals surface area contributed by atoms with Gasteiger partial charge >= 0.3 is 0 Å². The molecule has 0 saturated carbocycles. The molecule has 25 heavy (non-hydrogen) atoms. The Morgan fingerprint density at radius 3 is 2.36 bits per heavy atom. The average molecular weight is 345 g/mol. The second kappa shape index (κ2) is 8.14. The summed E-state index contributed by atoms with van der Waals surface area (Å²) in [4.78, 5) is 38.1. The van der Waals surface area contributed by atoms with Crippen LogP contribution >= 0.6 is 0 Å². The molecule has 0 aliphatic carbocycles. The van der Waals surface area contributed by atoms with Gasteiger partial charge in [0.1, 0.15) is 0 Å². The van der Waals surface area contributed by atoms with E-state index < -0.39 is 0 Å². The van der Waals surface area contributed by atoms with E-state index in [-0.39, 0.29) is 42.1 Å². The molecule has 6 nitrogen and oxygen atoms in total. The lowest BCUT2D eigenvalue weighted by Gasteiger charge is -2.20. The molecule has 2 unspecified atom stereocenters. The Bertz CT molecular complexity index is 640. The quantitative estimate of drug-likeness (QED) is 0.831. The lowest BCUT2D eigenvalue weighted by Crippen LogP contribution is -2.33. The number of hydrogen-bond acceptors (Lipinski definition) is 3. The molecule has 2 rings (SSSR count). The summed E-state index contributed by atoms with van der Waals surface area (Å²) in [6.45, 7) is 8.31. The van der Waals surface area contributed by atoms with E-state index in [1.807, 2.05) is 27.7 Å². The molecule has 2 atom stereocenters. The second-order valence-electron chi connectivity index (χ2n) is 6.89. The standard InChI is InChI=1S/C19H27N3O3/c1-5-13(4)20-18(24)14-6-8-16(9-7-14)21-19(25)15-10-17(23)22(11-15)12(2)3/h6-9,12-13,15H,5,10-11H2,1-4H3,(H,20,24)(H,21,25). The Hall–Kier alpha value is -2.37. The molecule has 6 heteroatoms. The summed E-state index contributed by atoms with van der Waals surface area (Å²) < 4.78 is 0. The molecular formula is C19H27N3O3. The number of likely N-dealkylation sites (tertiary alicyclic amines) is 1. The van der Waals surface area contributed by atoms with Crippen molar-refractivity contribution in [3.05, 3.63) is 29.8 Å². The minimum Gasteiger partial charge on any atom is -0.350 e. The topological polar surface area (TPSA) is 78.5 Å². The van der Waals surface area contributed by atoms with Crippen LogP contribution in [0, 0.1) is 5.92 Å². The Labute approximate surface area is 149 Å². The highest BCUT2D eigenvalue weighted by molar-refractivity contribution is 5.98. The summed E-state index contributed by atoms with van der Waals surface area (Å²) >= 11 is 0. The highest BCUT2D eigenvalue weighted by Crippen LogP contribution is 2.22. The predicted octanol–water partition coefficient (Wildman–Crippen LogP) is 2.41. The fourth-order valence-corrected chi connectivity index (χ4v) is 2.76. The fraction of sp³-hybridized carbons (Fsp3) is 0.526. The molecule has 0 radical (unpaired) electrons. The number of anilines is 1. The smallest absolute Gasteiger partial charge is 0.251 e. The van der Waals surface area contributed by atoms with Crippen LogP contribution in [0.4, 0.5) is 5.69 Å². The highest BCUT2D eigenvalue weighted by Gasteiger charge is 2.35. The molecule has 1 aromatic rings. The number of hydrogen-bond donors (Lipinski definition) is 2. The molecule has 0 aromatic heterocycles. The maximum Gasteiger partial charge on any atom is 0.251 e. The number of amides is 3. The third-order valence-electron chi connectivity index (χ3n) is 4.56. The van der Waals surface area contributed by atoms with Gasteiger partial charge in [-0.25, -0.2) is 0 Å². The molecular weight excluding hydrogens is 318 g/mol. The first-order chi connectivity index (χ1) is 11.8. The summed E-state index contributed by atoms with van der Waals surface area (Å²) in [6.07, 6.45) is 1.12. The van der Waals surface area contributed by atoms with Gasteiger partial charge in [0.05, 0.1) is 5.92 Å². The third kappa shape index (κ3) is 4.81. The lowest BCUT2D eigenvalue weighted by molar-refractivity contribution is -0.129. The van der Waals surface area contributed by atoms with Crippen molar-refractivity contribution in [3.63, 3.8) is 0 Å². The van der Waals surface area contributed by atoms with E-state index in [1.54, 1.807) is 29.2 Å². The van der Waals surface area contributed by atoms with E-state index in [9.17, 15) is 14.4 Å². The van der Waals surface area contributed by atoms with Crippen molar-refractivity contribution in [2.24, 2.45) is 5.92 Å². The number of nitrogens with one attached hydrogen (secondary N) is 2. The van der Waals surface area contributed by atoms with Gasteiger partial charge in [-0.3, -0.25) is 14.4 Å². The first-order valence-electron chi connectivity index (χ1n) is 8.83. The summed E-state index contributed by atoms with van der Waals surface area (Å²) in [6, 6.07) is 7.02. The van der Waals surface area contributed by atoms with Crippen molar-refractivity contribution < 1.29 is 14.4 Å². The van der Waals surface area contributed by atoms with Crippen LogP contribution in [-0.2, 0) is 9.59 Å². The van der Waals surface area contributed by atoms with Gasteiger partial charge in [-0.05, 0) is 51.5 Å². The van der Waals surface area contributed by atoms with E-state index in [2.05, 4.69) is 10.6 Å². The van der Waals surface area contributed by atoms with Gasteiger partial charge in [0, 0.05) is 36.3 Å². The maximum absolute atomic E-state index is 12.4. The molecule has 0 spiro atoms. The van der Waals surface area contributed by atoms with Crippen LogP contribution in [0.5, 0.6) is 0 Å². The first-order valence-corrected chi connectivity index (χ1v) is 8.83. The molecule has 1 aliphatic heterocycles. The van der Waals surface area contributed by atoms with Gasteiger partial charge in [-0.15, -0.1) is 0 Å². The van der Waals surface area contributed by atoms with Crippen LogP contribution in [0.1, 0.15) is 50.9 Å². The molecule has 1 heterocycles. The minimum atomic E-state index is -0.330. The van der Waals surface area contributed by atoms with Crippen LogP contribution < -0.4 is 10.6 Å². The summed E-state index contributed by atoms with van der Waals surface area (Å²) in [5.41, 5.74) is 1.18. The normalized spacial score (nSPS) is 18.4. The van der Waals surface area contributed by atoms with Gasteiger partial charge in [0.2, 0.25) is 11.8 Å². The Kier molecular flexibility index (Phi) is 6.17. The van der Waals surface area contributed by atoms with E-state index >= 15 is 0 Å². The SMILES string of the molecule is CCC(C)NC(=O)c1ccc(NC(=O)C2CC(=O)N(C(C)C)C2)cc1. The predicted molar refractivity (Wildman–Crippen MR) is 97.2 cm³/mol. The van der Waals surface area contributed by atoms with Gasteiger partial charge in [-0.1, -0.05) is 6.92 Å². The van der Waals surface area contributed by atoms with E-state index in [0.29, 0.717) is 17.8 Å². The average Bonchev–Trinajstić information content (AvgIpc) is 2.97. The molecule has 1 aromatic carbocycles. The van der Waals surface area contributed by atoms with Gasteiger partial charge in [0.25, 0.3) is 5.91 Å². The van der Waals surface area contributed by atoms with Crippen LogP contribution in [0.15, 0.2) is 24.3 Å². The van der Waals surface area contributed by atoms with E-state index in [1.165, 1.54) is 0 Å². The third-order valence-corrected chi connectivity index (χ3v) is 4.56. The molecule has 1 fully saturated rings. The van der Waals surface area contributed by atoms with Crippen molar-refractivity contribution in [3.8, 4) is 0 Å². The number of carbonyl (C=O) groups excluding carboxylic acids is 3. The molecule has 0 bridgehead atoms. The van der Waals surface area contributed by atoms with Gasteiger partial charge in [-0.2, -0.15) is 0 Å². The van der Waals surface area contributed by atoms with Crippen molar-refractivity contribution in [2.75, 3.05) is 11.9 Å². The van der Waals surface area contributed by atoms with Crippen molar-refractivity contribution >= 4 is 23.4 Å². The number of rotatable bonds is 6. The van der Waals surface area contributed by atoms with Crippen LogP contribution in [0.2, 0.25) is 0 Å². The molecule has 3 amide bonds.